The molecular weight excluding hydrogens is 228 g/mol. The molecule has 2 unspecified atom stereocenters. The van der Waals surface area contributed by atoms with Gasteiger partial charge < -0.3 is 9.52 Å². The third-order valence-corrected chi connectivity index (χ3v) is 3.56. The first-order valence-electron chi connectivity index (χ1n) is 6.96. The summed E-state index contributed by atoms with van der Waals surface area (Å²) in [5, 5.41) is 9.37. The number of likely N-dealkylation sites (tertiary alicyclic amines) is 1. The zero-order valence-electron chi connectivity index (χ0n) is 11.6. The number of oxazole rings is 1. The van der Waals surface area contributed by atoms with Crippen LogP contribution in [0.3, 0.4) is 0 Å². The highest BCUT2D eigenvalue weighted by atomic mass is 16.4. The average molecular weight is 252 g/mol. The standard InChI is InChI=1S/C14H24N2O2/c1-10(2)16-7-5-4-6-13(16)14-15-9-12(18-14)8-11(3)17/h9-11,13,17H,4-8H2,1-3H3. The summed E-state index contributed by atoms with van der Waals surface area (Å²) in [6.07, 6.45) is 5.54. The Bertz CT molecular complexity index is 374. The van der Waals surface area contributed by atoms with Crippen molar-refractivity contribution in [2.45, 2.75) is 64.6 Å². The third kappa shape index (κ3) is 3.12. The van der Waals surface area contributed by atoms with E-state index in [1.165, 1.54) is 12.8 Å². The summed E-state index contributed by atoms with van der Waals surface area (Å²) >= 11 is 0. The number of rotatable bonds is 4. The first kappa shape index (κ1) is 13.6. The number of aliphatic hydroxyl groups excluding tert-OH is 1. The molecule has 1 fully saturated rings. The summed E-state index contributed by atoms with van der Waals surface area (Å²) in [4.78, 5) is 6.87. The van der Waals surface area contributed by atoms with E-state index >= 15 is 0 Å². The first-order valence-corrected chi connectivity index (χ1v) is 6.96. The van der Waals surface area contributed by atoms with E-state index in [0.717, 1.165) is 24.6 Å². The summed E-state index contributed by atoms with van der Waals surface area (Å²) in [6.45, 7) is 7.33. The summed E-state index contributed by atoms with van der Waals surface area (Å²) < 4.78 is 5.80. The molecule has 18 heavy (non-hydrogen) atoms. The van der Waals surface area contributed by atoms with Crippen molar-refractivity contribution in [3.8, 4) is 0 Å². The predicted octanol–water partition coefficient (Wildman–Crippen LogP) is 2.53. The van der Waals surface area contributed by atoms with E-state index in [-0.39, 0.29) is 6.10 Å². The summed E-state index contributed by atoms with van der Waals surface area (Å²) in [5.41, 5.74) is 0. The normalized spacial score (nSPS) is 23.5. The Hall–Kier alpha value is -0.870. The van der Waals surface area contributed by atoms with Crippen molar-refractivity contribution in [1.82, 2.24) is 9.88 Å². The Morgan fingerprint density at radius 1 is 1.44 bits per heavy atom. The van der Waals surface area contributed by atoms with Crippen LogP contribution in [0.15, 0.2) is 10.6 Å². The molecular formula is C14H24N2O2. The van der Waals surface area contributed by atoms with Gasteiger partial charge in [0, 0.05) is 12.5 Å². The fourth-order valence-corrected chi connectivity index (χ4v) is 2.70. The van der Waals surface area contributed by atoms with Crippen LogP contribution in [0.5, 0.6) is 0 Å². The second kappa shape index (κ2) is 5.85. The fourth-order valence-electron chi connectivity index (χ4n) is 2.70. The van der Waals surface area contributed by atoms with Crippen molar-refractivity contribution in [2.75, 3.05) is 6.54 Å². The molecule has 2 rings (SSSR count). The van der Waals surface area contributed by atoms with Gasteiger partial charge in [-0.2, -0.15) is 0 Å². The topological polar surface area (TPSA) is 49.5 Å². The minimum atomic E-state index is -0.377. The third-order valence-electron chi connectivity index (χ3n) is 3.56. The van der Waals surface area contributed by atoms with Crippen LogP contribution in [0.2, 0.25) is 0 Å². The molecule has 1 aliphatic rings. The van der Waals surface area contributed by atoms with Gasteiger partial charge in [-0.15, -0.1) is 0 Å². The van der Waals surface area contributed by atoms with Crippen LogP contribution < -0.4 is 0 Å². The number of aromatic nitrogens is 1. The van der Waals surface area contributed by atoms with Gasteiger partial charge in [0.05, 0.1) is 18.3 Å². The monoisotopic (exact) mass is 252 g/mol. The summed E-state index contributed by atoms with van der Waals surface area (Å²) in [7, 11) is 0. The molecule has 2 heterocycles. The number of aliphatic hydroxyl groups is 1. The van der Waals surface area contributed by atoms with Crippen LogP contribution in [-0.2, 0) is 6.42 Å². The molecule has 102 valence electrons. The minimum absolute atomic E-state index is 0.307. The van der Waals surface area contributed by atoms with Crippen molar-refractivity contribution < 1.29 is 9.52 Å². The second-order valence-electron chi connectivity index (χ2n) is 5.56. The zero-order valence-corrected chi connectivity index (χ0v) is 11.6. The van der Waals surface area contributed by atoms with Crippen LogP contribution in [0.25, 0.3) is 0 Å². The Balaban J connectivity index is 2.10. The highest BCUT2D eigenvalue weighted by Gasteiger charge is 2.29. The van der Waals surface area contributed by atoms with Gasteiger partial charge in [-0.1, -0.05) is 6.42 Å². The Kier molecular flexibility index (Phi) is 4.40. The lowest BCUT2D eigenvalue weighted by molar-refractivity contribution is 0.0905. The lowest BCUT2D eigenvalue weighted by Crippen LogP contribution is -2.38. The van der Waals surface area contributed by atoms with Crippen molar-refractivity contribution in [2.24, 2.45) is 0 Å². The van der Waals surface area contributed by atoms with Gasteiger partial charge in [0.2, 0.25) is 5.89 Å². The Morgan fingerprint density at radius 2 is 2.22 bits per heavy atom. The number of hydrogen-bond acceptors (Lipinski definition) is 4. The van der Waals surface area contributed by atoms with Crippen LogP contribution in [0, 0.1) is 0 Å². The van der Waals surface area contributed by atoms with Gasteiger partial charge in [0.15, 0.2) is 0 Å². The minimum Gasteiger partial charge on any atom is -0.444 e. The fraction of sp³-hybridized carbons (Fsp3) is 0.786. The Labute approximate surface area is 109 Å². The molecule has 0 bridgehead atoms. The van der Waals surface area contributed by atoms with Crippen molar-refractivity contribution in [3.05, 3.63) is 17.8 Å². The van der Waals surface area contributed by atoms with Crippen LogP contribution in [0.4, 0.5) is 0 Å². The smallest absolute Gasteiger partial charge is 0.211 e. The summed E-state index contributed by atoms with van der Waals surface area (Å²) in [6, 6.07) is 0.823. The van der Waals surface area contributed by atoms with Crippen LogP contribution in [0.1, 0.15) is 57.7 Å². The molecule has 1 aromatic heterocycles. The Morgan fingerprint density at radius 3 is 2.89 bits per heavy atom. The summed E-state index contributed by atoms with van der Waals surface area (Å²) in [5.74, 6) is 1.60. The van der Waals surface area contributed by atoms with E-state index in [2.05, 4.69) is 23.7 Å². The maximum absolute atomic E-state index is 9.37. The van der Waals surface area contributed by atoms with Gasteiger partial charge in [0.1, 0.15) is 5.76 Å². The number of nitrogens with zero attached hydrogens (tertiary/aromatic N) is 2. The predicted molar refractivity (Wildman–Crippen MR) is 70.3 cm³/mol. The molecule has 0 amide bonds. The van der Waals surface area contributed by atoms with Gasteiger partial charge in [-0.25, -0.2) is 4.98 Å². The van der Waals surface area contributed by atoms with Crippen LogP contribution >= 0.6 is 0 Å². The number of piperidine rings is 1. The van der Waals surface area contributed by atoms with Gasteiger partial charge in [-0.05, 0) is 40.2 Å². The van der Waals surface area contributed by atoms with Gasteiger partial charge >= 0.3 is 0 Å². The highest BCUT2D eigenvalue weighted by Crippen LogP contribution is 2.32. The van der Waals surface area contributed by atoms with E-state index in [4.69, 9.17) is 4.42 Å². The van der Waals surface area contributed by atoms with Crippen LogP contribution in [-0.4, -0.2) is 33.7 Å². The lowest BCUT2D eigenvalue weighted by atomic mass is 10.0. The molecule has 0 aliphatic carbocycles. The van der Waals surface area contributed by atoms with Gasteiger partial charge in [-0.3, -0.25) is 4.90 Å². The molecule has 0 aromatic carbocycles. The van der Waals surface area contributed by atoms with Gasteiger partial charge in [0.25, 0.3) is 0 Å². The largest absolute Gasteiger partial charge is 0.444 e. The molecule has 1 aromatic rings. The zero-order chi connectivity index (χ0) is 13.1. The molecule has 0 saturated carbocycles. The van der Waals surface area contributed by atoms with E-state index in [1.54, 1.807) is 13.1 Å². The van der Waals surface area contributed by atoms with Crippen molar-refractivity contribution in [1.29, 1.82) is 0 Å². The van der Waals surface area contributed by atoms with Crippen molar-refractivity contribution in [3.63, 3.8) is 0 Å². The van der Waals surface area contributed by atoms with E-state index in [9.17, 15) is 5.11 Å². The SMILES string of the molecule is CC(O)Cc1cnc(C2CCCCN2C(C)C)o1. The van der Waals surface area contributed by atoms with E-state index < -0.39 is 0 Å². The maximum atomic E-state index is 9.37. The molecule has 0 radical (unpaired) electrons. The van der Waals surface area contributed by atoms with E-state index in [1.807, 2.05) is 0 Å². The number of hydrogen-bond donors (Lipinski definition) is 1. The molecule has 2 atom stereocenters. The second-order valence-corrected chi connectivity index (χ2v) is 5.56. The average Bonchev–Trinajstić information content (AvgIpc) is 2.76. The lowest BCUT2D eigenvalue weighted by Gasteiger charge is -2.36. The van der Waals surface area contributed by atoms with E-state index in [0.29, 0.717) is 18.5 Å². The molecule has 1 N–H and O–H groups in total. The molecule has 1 saturated heterocycles. The quantitative estimate of drug-likeness (QED) is 0.894. The molecule has 0 spiro atoms. The van der Waals surface area contributed by atoms with Crippen molar-refractivity contribution >= 4 is 0 Å². The first-order chi connectivity index (χ1) is 8.58. The molecule has 4 heteroatoms. The highest BCUT2D eigenvalue weighted by molar-refractivity contribution is 5.01. The molecule has 4 nitrogen and oxygen atoms in total. The molecule has 1 aliphatic heterocycles. The maximum Gasteiger partial charge on any atom is 0.211 e.